The van der Waals surface area contributed by atoms with Gasteiger partial charge in [-0.25, -0.2) is 0 Å². The third-order valence-electron chi connectivity index (χ3n) is 5.80. The lowest BCUT2D eigenvalue weighted by atomic mass is 10.0. The van der Waals surface area contributed by atoms with Gasteiger partial charge in [-0.2, -0.15) is 0 Å². The van der Waals surface area contributed by atoms with Gasteiger partial charge >= 0.3 is 0 Å². The highest BCUT2D eigenvalue weighted by Crippen LogP contribution is 2.22. The molecule has 162 valence electrons. The number of hydrogen-bond acceptors (Lipinski definition) is 4. The Bertz CT molecular complexity index is 1160. The quantitative estimate of drug-likeness (QED) is 0.655. The number of rotatable bonds is 6. The van der Waals surface area contributed by atoms with Gasteiger partial charge in [0, 0.05) is 35.2 Å². The fourth-order valence-corrected chi connectivity index (χ4v) is 4.23. The molecule has 2 heterocycles. The van der Waals surface area contributed by atoms with E-state index in [4.69, 9.17) is 9.47 Å². The number of H-pyrrole nitrogens is 1. The number of nitrogens with one attached hydrogen (secondary N) is 1. The van der Waals surface area contributed by atoms with Crippen LogP contribution in [-0.4, -0.2) is 42.2 Å². The monoisotopic (exact) mass is 420 g/mol. The first-order chi connectivity index (χ1) is 14.9. The fourth-order valence-electron chi connectivity index (χ4n) is 4.23. The number of amides is 1. The van der Waals surface area contributed by atoms with Crippen molar-refractivity contribution < 1.29 is 14.3 Å². The maximum absolute atomic E-state index is 13.4. The van der Waals surface area contributed by atoms with Crippen LogP contribution in [0.25, 0.3) is 10.9 Å². The smallest absolute Gasteiger partial charge is 0.254 e. The van der Waals surface area contributed by atoms with Crippen molar-refractivity contribution in [1.29, 1.82) is 0 Å². The van der Waals surface area contributed by atoms with Gasteiger partial charge in [-0.15, -0.1) is 0 Å². The molecule has 6 heteroatoms. The van der Waals surface area contributed by atoms with Crippen LogP contribution in [-0.2, 0) is 11.3 Å². The van der Waals surface area contributed by atoms with Crippen molar-refractivity contribution in [2.45, 2.75) is 39.3 Å². The topological polar surface area (TPSA) is 71.6 Å². The summed E-state index contributed by atoms with van der Waals surface area (Å²) in [6.45, 7) is 5.41. The molecule has 31 heavy (non-hydrogen) atoms. The van der Waals surface area contributed by atoms with Crippen molar-refractivity contribution >= 4 is 16.8 Å². The summed E-state index contributed by atoms with van der Waals surface area (Å²) in [5, 5.41) is 0.992. The molecule has 1 aliphatic heterocycles. The Morgan fingerprint density at radius 2 is 2.06 bits per heavy atom. The van der Waals surface area contributed by atoms with Crippen molar-refractivity contribution in [3.8, 4) is 5.75 Å². The molecular weight excluding hydrogens is 392 g/mol. The number of nitrogens with zero attached hydrogens (tertiary/aromatic N) is 1. The molecule has 0 bridgehead atoms. The molecule has 0 spiro atoms. The van der Waals surface area contributed by atoms with Crippen molar-refractivity contribution in [1.82, 2.24) is 9.88 Å². The molecule has 0 saturated carbocycles. The lowest BCUT2D eigenvalue weighted by molar-refractivity contribution is 0.0506. The number of benzene rings is 2. The van der Waals surface area contributed by atoms with E-state index in [-0.39, 0.29) is 24.1 Å². The average molecular weight is 421 g/mol. The molecule has 4 rings (SSSR count). The predicted molar refractivity (Wildman–Crippen MR) is 121 cm³/mol. The van der Waals surface area contributed by atoms with E-state index in [9.17, 15) is 9.59 Å². The van der Waals surface area contributed by atoms with Crippen molar-refractivity contribution in [2.24, 2.45) is 0 Å². The number of methoxy groups -OCH3 is 1. The van der Waals surface area contributed by atoms with E-state index in [1.807, 2.05) is 26.0 Å². The van der Waals surface area contributed by atoms with E-state index >= 15 is 0 Å². The number of aryl methyl sites for hydroxylation is 2. The second kappa shape index (κ2) is 8.94. The Balaban J connectivity index is 1.69. The van der Waals surface area contributed by atoms with Crippen LogP contribution in [0.2, 0.25) is 0 Å². The molecule has 1 saturated heterocycles. The van der Waals surface area contributed by atoms with Gasteiger partial charge in [0.25, 0.3) is 11.5 Å². The van der Waals surface area contributed by atoms with E-state index in [1.165, 1.54) is 0 Å². The molecule has 1 aromatic heterocycles. The minimum atomic E-state index is -0.173. The number of carbonyl (C=O) groups excluding carboxylic acids is 1. The van der Waals surface area contributed by atoms with Crippen molar-refractivity contribution in [3.05, 3.63) is 75.1 Å². The van der Waals surface area contributed by atoms with Crippen LogP contribution in [0, 0.1) is 13.8 Å². The largest absolute Gasteiger partial charge is 0.497 e. The summed E-state index contributed by atoms with van der Waals surface area (Å²) in [6, 6.07) is 13.1. The zero-order chi connectivity index (χ0) is 22.0. The van der Waals surface area contributed by atoms with Crippen LogP contribution < -0.4 is 10.3 Å². The first-order valence-electron chi connectivity index (χ1n) is 10.6. The van der Waals surface area contributed by atoms with Gasteiger partial charge < -0.3 is 19.4 Å². The second-order valence-electron chi connectivity index (χ2n) is 8.22. The summed E-state index contributed by atoms with van der Waals surface area (Å²) in [7, 11) is 1.58. The van der Waals surface area contributed by atoms with Gasteiger partial charge in [-0.3, -0.25) is 9.59 Å². The predicted octanol–water partition coefficient (Wildman–Crippen LogP) is 3.97. The number of aromatic nitrogens is 1. The minimum absolute atomic E-state index is 0.0153. The van der Waals surface area contributed by atoms with E-state index in [0.29, 0.717) is 30.0 Å². The zero-order valence-corrected chi connectivity index (χ0v) is 18.2. The first-order valence-corrected chi connectivity index (χ1v) is 10.6. The summed E-state index contributed by atoms with van der Waals surface area (Å²) in [5.74, 6) is 0.479. The van der Waals surface area contributed by atoms with Crippen LogP contribution >= 0.6 is 0 Å². The Hall–Kier alpha value is -3.12. The maximum Gasteiger partial charge on any atom is 0.254 e. The first kappa shape index (κ1) is 21.1. The fraction of sp³-hybridized carbons (Fsp3) is 0.360. The molecule has 1 aliphatic rings. The summed E-state index contributed by atoms with van der Waals surface area (Å²) >= 11 is 0. The lowest BCUT2D eigenvalue weighted by Gasteiger charge is -2.26. The SMILES string of the molecule is COc1cccc(C(=O)N(Cc2cc3c(C)cc(C)cc3[nH]c2=O)CC2CCCO2)c1. The highest BCUT2D eigenvalue weighted by molar-refractivity contribution is 5.94. The second-order valence-corrected chi connectivity index (χ2v) is 8.22. The minimum Gasteiger partial charge on any atom is -0.497 e. The van der Waals surface area contributed by atoms with E-state index < -0.39 is 0 Å². The zero-order valence-electron chi connectivity index (χ0n) is 18.2. The number of carbonyl (C=O) groups is 1. The summed E-state index contributed by atoms with van der Waals surface area (Å²) < 4.78 is 11.1. The van der Waals surface area contributed by atoms with Gasteiger partial charge in [-0.1, -0.05) is 12.1 Å². The third-order valence-corrected chi connectivity index (χ3v) is 5.80. The molecule has 1 atom stereocenters. The summed E-state index contributed by atoms with van der Waals surface area (Å²) in [4.78, 5) is 30.9. The Morgan fingerprint density at radius 1 is 1.23 bits per heavy atom. The molecular formula is C25H28N2O4. The number of ether oxygens (including phenoxy) is 2. The third kappa shape index (κ3) is 4.64. The molecule has 0 radical (unpaired) electrons. The molecule has 1 amide bonds. The van der Waals surface area contributed by atoms with Crippen LogP contribution in [0.1, 0.15) is 39.9 Å². The molecule has 2 aromatic carbocycles. The van der Waals surface area contributed by atoms with E-state index in [2.05, 4.69) is 11.1 Å². The maximum atomic E-state index is 13.4. The lowest BCUT2D eigenvalue weighted by Crippen LogP contribution is -2.38. The van der Waals surface area contributed by atoms with E-state index in [1.54, 1.807) is 36.3 Å². The van der Waals surface area contributed by atoms with Gasteiger partial charge in [0.05, 0.1) is 19.8 Å². The molecule has 1 unspecified atom stereocenters. The number of fused-ring (bicyclic) bond motifs is 1. The van der Waals surface area contributed by atoms with Gasteiger partial charge in [0.1, 0.15) is 5.75 Å². The van der Waals surface area contributed by atoms with Gasteiger partial charge in [-0.05, 0) is 68.1 Å². The average Bonchev–Trinajstić information content (AvgIpc) is 3.26. The molecule has 6 nitrogen and oxygen atoms in total. The van der Waals surface area contributed by atoms with E-state index in [0.717, 1.165) is 34.9 Å². The Morgan fingerprint density at radius 3 is 2.81 bits per heavy atom. The highest BCUT2D eigenvalue weighted by atomic mass is 16.5. The number of aromatic amines is 1. The summed E-state index contributed by atoms with van der Waals surface area (Å²) in [6.07, 6.45) is 1.88. The van der Waals surface area contributed by atoms with Crippen LogP contribution in [0.3, 0.4) is 0 Å². The summed E-state index contributed by atoms with van der Waals surface area (Å²) in [5.41, 5.74) is 3.93. The normalized spacial score (nSPS) is 15.9. The van der Waals surface area contributed by atoms with Gasteiger partial charge in [0.15, 0.2) is 0 Å². The molecule has 3 aromatic rings. The number of hydrogen-bond donors (Lipinski definition) is 1. The van der Waals surface area contributed by atoms with Crippen molar-refractivity contribution in [2.75, 3.05) is 20.3 Å². The molecule has 0 aliphatic carbocycles. The molecule has 1 fully saturated rings. The highest BCUT2D eigenvalue weighted by Gasteiger charge is 2.25. The number of pyridine rings is 1. The van der Waals surface area contributed by atoms with Crippen LogP contribution in [0.5, 0.6) is 5.75 Å². The van der Waals surface area contributed by atoms with Gasteiger partial charge in [0.2, 0.25) is 0 Å². The standard InChI is InChI=1S/C25H28N2O4/c1-16-10-17(2)22-13-19(24(28)26-23(22)11-16)14-27(15-21-8-5-9-31-21)25(29)18-6-4-7-20(12-18)30-3/h4,6-7,10-13,21H,5,8-9,14-15H2,1-3H3,(H,26,28). The van der Waals surface area contributed by atoms with Crippen LogP contribution in [0.4, 0.5) is 0 Å². The Kier molecular flexibility index (Phi) is 6.09. The van der Waals surface area contributed by atoms with Crippen molar-refractivity contribution in [3.63, 3.8) is 0 Å². The Labute approximate surface area is 181 Å². The van der Waals surface area contributed by atoms with Crippen LogP contribution in [0.15, 0.2) is 47.3 Å². The molecule has 1 N–H and O–H groups in total.